The fourth-order valence-corrected chi connectivity index (χ4v) is 3.18. The molecule has 0 fully saturated rings. The number of allylic oxidation sites excluding steroid dienone is 1. The summed E-state index contributed by atoms with van der Waals surface area (Å²) in [5.41, 5.74) is -0.402. The smallest absolute Gasteiger partial charge is 0.407 e. The summed E-state index contributed by atoms with van der Waals surface area (Å²) in [5, 5.41) is 3.39. The van der Waals surface area contributed by atoms with Crippen LogP contribution in [-0.4, -0.2) is 48.2 Å². The van der Waals surface area contributed by atoms with Crippen LogP contribution >= 0.6 is 11.6 Å². The fourth-order valence-electron chi connectivity index (χ4n) is 2.99. The van der Waals surface area contributed by atoms with E-state index in [1.807, 2.05) is 57.2 Å². The Morgan fingerprint density at radius 3 is 2.61 bits per heavy atom. The fraction of sp³-hybridized carbons (Fsp3) is 0.476. The SMILES string of the molecule is CC(=O)CCN(CCNC(=O)OC(C)(C)C)C1(c2cccc(Cl)c2)C=CC=N1. The highest BCUT2D eigenvalue weighted by molar-refractivity contribution is 6.30. The van der Waals surface area contributed by atoms with E-state index in [0.717, 1.165) is 5.56 Å². The largest absolute Gasteiger partial charge is 0.444 e. The number of halogens is 1. The van der Waals surface area contributed by atoms with Crippen molar-refractivity contribution in [1.29, 1.82) is 0 Å². The molecule has 1 aliphatic rings. The summed E-state index contributed by atoms with van der Waals surface area (Å²) >= 11 is 6.20. The molecule has 1 N–H and O–H groups in total. The lowest BCUT2D eigenvalue weighted by Crippen LogP contribution is -2.47. The molecular formula is C21H28ClN3O3. The van der Waals surface area contributed by atoms with E-state index >= 15 is 0 Å². The van der Waals surface area contributed by atoms with Crippen molar-refractivity contribution in [3.8, 4) is 0 Å². The number of aliphatic imine (C=N–C) groups is 1. The minimum absolute atomic E-state index is 0.0947. The van der Waals surface area contributed by atoms with Gasteiger partial charge in [0.2, 0.25) is 0 Å². The lowest BCUT2D eigenvalue weighted by atomic mass is 9.97. The first-order chi connectivity index (χ1) is 13.1. The molecule has 0 bridgehead atoms. The molecule has 6 nitrogen and oxygen atoms in total. The minimum atomic E-state index is -0.754. The minimum Gasteiger partial charge on any atom is -0.444 e. The number of nitrogens with zero attached hydrogens (tertiary/aromatic N) is 2. The first-order valence-electron chi connectivity index (χ1n) is 9.33. The second kappa shape index (κ2) is 9.34. The number of ketones is 1. The molecule has 0 spiro atoms. The Morgan fingerprint density at radius 1 is 1.29 bits per heavy atom. The van der Waals surface area contributed by atoms with E-state index in [1.165, 1.54) is 0 Å². The van der Waals surface area contributed by atoms with Crippen LogP contribution in [0.1, 0.15) is 39.7 Å². The average Bonchev–Trinajstić information content (AvgIpc) is 3.07. The molecule has 1 aliphatic heterocycles. The molecule has 0 saturated heterocycles. The Bertz CT molecular complexity index is 756. The van der Waals surface area contributed by atoms with Gasteiger partial charge in [-0.1, -0.05) is 23.7 Å². The summed E-state index contributed by atoms with van der Waals surface area (Å²) in [7, 11) is 0. The van der Waals surface area contributed by atoms with Crippen LogP contribution in [0.4, 0.5) is 4.79 Å². The maximum atomic E-state index is 12.0. The van der Waals surface area contributed by atoms with Crippen LogP contribution in [0.15, 0.2) is 41.4 Å². The van der Waals surface area contributed by atoms with Gasteiger partial charge < -0.3 is 10.1 Å². The molecular weight excluding hydrogens is 378 g/mol. The van der Waals surface area contributed by atoms with Gasteiger partial charge in [-0.15, -0.1) is 0 Å². The summed E-state index contributed by atoms with van der Waals surface area (Å²) in [5.74, 6) is 0.0947. The molecule has 0 aromatic heterocycles. The number of carbonyl (C=O) groups is 2. The molecule has 1 heterocycles. The van der Waals surface area contributed by atoms with E-state index in [0.29, 0.717) is 31.1 Å². The molecule has 152 valence electrons. The summed E-state index contributed by atoms with van der Waals surface area (Å²) < 4.78 is 5.28. The van der Waals surface area contributed by atoms with Gasteiger partial charge in [0.25, 0.3) is 0 Å². The molecule has 1 atom stereocenters. The Kier molecular flexibility index (Phi) is 7.38. The van der Waals surface area contributed by atoms with Crippen molar-refractivity contribution in [2.24, 2.45) is 4.99 Å². The number of rotatable bonds is 8. The third-order valence-corrected chi connectivity index (χ3v) is 4.44. The molecule has 28 heavy (non-hydrogen) atoms. The zero-order valence-electron chi connectivity index (χ0n) is 16.9. The number of hydrogen-bond acceptors (Lipinski definition) is 5. The van der Waals surface area contributed by atoms with Crippen molar-refractivity contribution >= 4 is 29.7 Å². The molecule has 1 unspecified atom stereocenters. The second-order valence-corrected chi connectivity index (χ2v) is 8.18. The maximum absolute atomic E-state index is 12.0. The van der Waals surface area contributed by atoms with Gasteiger partial charge >= 0.3 is 6.09 Å². The molecule has 1 aromatic rings. The lowest BCUT2D eigenvalue weighted by Gasteiger charge is -2.38. The van der Waals surface area contributed by atoms with Crippen molar-refractivity contribution in [2.45, 2.75) is 45.4 Å². The zero-order valence-corrected chi connectivity index (χ0v) is 17.6. The number of benzene rings is 1. The van der Waals surface area contributed by atoms with Gasteiger partial charge in [-0.3, -0.25) is 14.7 Å². The van der Waals surface area contributed by atoms with Crippen molar-refractivity contribution in [1.82, 2.24) is 10.2 Å². The molecule has 0 aliphatic carbocycles. The number of Topliss-reactive ketones (excluding diaryl/α,β-unsaturated/α-hetero) is 1. The van der Waals surface area contributed by atoms with Gasteiger partial charge in [0, 0.05) is 37.3 Å². The first-order valence-corrected chi connectivity index (χ1v) is 9.71. The predicted octanol–water partition coefficient (Wildman–Crippen LogP) is 3.94. The molecule has 1 amide bonds. The highest BCUT2D eigenvalue weighted by Crippen LogP contribution is 2.35. The predicted molar refractivity (Wildman–Crippen MR) is 112 cm³/mol. The summed E-state index contributed by atoms with van der Waals surface area (Å²) in [6, 6.07) is 7.52. The number of alkyl carbamates (subject to hydrolysis) is 1. The van der Waals surface area contributed by atoms with E-state index in [1.54, 1.807) is 13.1 Å². The first kappa shape index (κ1) is 22.1. The highest BCUT2D eigenvalue weighted by atomic mass is 35.5. The topological polar surface area (TPSA) is 71.0 Å². The molecule has 1 aromatic carbocycles. The third kappa shape index (κ3) is 6.17. The Morgan fingerprint density at radius 2 is 2.04 bits per heavy atom. The van der Waals surface area contributed by atoms with Gasteiger partial charge in [0.15, 0.2) is 5.66 Å². The van der Waals surface area contributed by atoms with E-state index < -0.39 is 17.4 Å². The second-order valence-electron chi connectivity index (χ2n) is 7.74. The van der Waals surface area contributed by atoms with E-state index in [9.17, 15) is 9.59 Å². The van der Waals surface area contributed by atoms with Crippen LogP contribution in [-0.2, 0) is 15.2 Å². The van der Waals surface area contributed by atoms with Crippen LogP contribution in [0.5, 0.6) is 0 Å². The summed E-state index contributed by atoms with van der Waals surface area (Å²) in [6.45, 7) is 8.36. The van der Waals surface area contributed by atoms with Crippen LogP contribution in [0, 0.1) is 0 Å². The molecule has 7 heteroatoms. The summed E-state index contributed by atoms with van der Waals surface area (Å²) in [4.78, 5) is 30.3. The maximum Gasteiger partial charge on any atom is 0.407 e. The monoisotopic (exact) mass is 405 g/mol. The zero-order chi connectivity index (χ0) is 20.8. The summed E-state index contributed by atoms with van der Waals surface area (Å²) in [6.07, 6.45) is 5.51. The number of carbonyl (C=O) groups excluding carboxylic acids is 2. The van der Waals surface area contributed by atoms with E-state index in [-0.39, 0.29) is 5.78 Å². The van der Waals surface area contributed by atoms with Gasteiger partial charge in [-0.25, -0.2) is 4.79 Å². The van der Waals surface area contributed by atoms with E-state index in [2.05, 4.69) is 15.2 Å². The molecule has 2 rings (SSSR count). The Hall–Kier alpha value is -2.18. The Balaban J connectivity index is 2.18. The van der Waals surface area contributed by atoms with Crippen LogP contribution < -0.4 is 5.32 Å². The standard InChI is InChI=1S/C21H28ClN3O3/c1-16(26)9-13-25(14-12-23-19(27)28-20(2,3)4)21(10-6-11-24-21)17-7-5-8-18(22)15-17/h5-8,10-11,15H,9,12-14H2,1-4H3,(H,23,27). The van der Waals surface area contributed by atoms with Crippen molar-refractivity contribution in [3.63, 3.8) is 0 Å². The number of nitrogens with one attached hydrogen (secondary N) is 1. The van der Waals surface area contributed by atoms with Crippen LogP contribution in [0.25, 0.3) is 0 Å². The van der Waals surface area contributed by atoms with Crippen LogP contribution in [0.2, 0.25) is 5.02 Å². The highest BCUT2D eigenvalue weighted by Gasteiger charge is 2.37. The van der Waals surface area contributed by atoms with Crippen molar-refractivity contribution in [2.75, 3.05) is 19.6 Å². The number of ether oxygens (including phenoxy) is 1. The Labute approximate surface area is 171 Å². The van der Waals surface area contributed by atoms with Gasteiger partial charge in [-0.2, -0.15) is 0 Å². The number of amides is 1. The van der Waals surface area contributed by atoms with Gasteiger partial charge in [0.1, 0.15) is 11.4 Å². The van der Waals surface area contributed by atoms with Crippen molar-refractivity contribution in [3.05, 3.63) is 47.0 Å². The molecule has 0 saturated carbocycles. The number of hydrogen-bond donors (Lipinski definition) is 1. The third-order valence-electron chi connectivity index (χ3n) is 4.20. The van der Waals surface area contributed by atoms with E-state index in [4.69, 9.17) is 16.3 Å². The van der Waals surface area contributed by atoms with Gasteiger partial charge in [0.05, 0.1) is 0 Å². The van der Waals surface area contributed by atoms with Gasteiger partial charge in [-0.05, 0) is 57.5 Å². The molecule has 0 radical (unpaired) electrons. The normalized spacial score (nSPS) is 18.5. The quantitative estimate of drug-likeness (QED) is 0.711. The average molecular weight is 406 g/mol. The van der Waals surface area contributed by atoms with Crippen LogP contribution in [0.3, 0.4) is 0 Å². The lowest BCUT2D eigenvalue weighted by molar-refractivity contribution is -0.117. The van der Waals surface area contributed by atoms with Crippen molar-refractivity contribution < 1.29 is 14.3 Å².